The van der Waals surface area contributed by atoms with Crippen LogP contribution in [0.2, 0.25) is 0 Å². The SMILES string of the molecule is CCOC(=O)C(C)(CSc1ccc(Br)cn1)NC. The number of aromatic nitrogens is 1. The number of ether oxygens (including phenoxy) is 1. The number of hydrogen-bond donors (Lipinski definition) is 1. The van der Waals surface area contributed by atoms with Crippen molar-refractivity contribution in [3.8, 4) is 0 Å². The molecular formula is C12H17BrN2O2S. The second-order valence-electron chi connectivity index (χ2n) is 3.91. The average Bonchev–Trinajstić information content (AvgIpc) is 2.38. The van der Waals surface area contributed by atoms with Gasteiger partial charge in [-0.25, -0.2) is 4.98 Å². The van der Waals surface area contributed by atoms with Gasteiger partial charge in [-0.3, -0.25) is 4.79 Å². The smallest absolute Gasteiger partial charge is 0.326 e. The van der Waals surface area contributed by atoms with Crippen molar-refractivity contribution in [3.63, 3.8) is 0 Å². The van der Waals surface area contributed by atoms with Gasteiger partial charge in [0.15, 0.2) is 0 Å². The highest BCUT2D eigenvalue weighted by Gasteiger charge is 2.33. The molecule has 18 heavy (non-hydrogen) atoms. The summed E-state index contributed by atoms with van der Waals surface area (Å²) < 4.78 is 6.00. The Kier molecular flexibility index (Phi) is 6.11. The lowest BCUT2D eigenvalue weighted by Crippen LogP contribution is -2.50. The van der Waals surface area contributed by atoms with Crippen LogP contribution in [0, 0.1) is 0 Å². The fourth-order valence-corrected chi connectivity index (χ4v) is 2.41. The number of esters is 1. The van der Waals surface area contributed by atoms with Crippen molar-refractivity contribution in [1.29, 1.82) is 0 Å². The Morgan fingerprint density at radius 2 is 2.33 bits per heavy atom. The number of halogens is 1. The van der Waals surface area contributed by atoms with Crippen LogP contribution >= 0.6 is 27.7 Å². The topological polar surface area (TPSA) is 51.2 Å². The van der Waals surface area contributed by atoms with Gasteiger partial charge < -0.3 is 10.1 Å². The molecule has 1 aromatic rings. The van der Waals surface area contributed by atoms with Gasteiger partial charge in [0, 0.05) is 16.4 Å². The van der Waals surface area contributed by atoms with Crippen LogP contribution in [0.4, 0.5) is 0 Å². The van der Waals surface area contributed by atoms with E-state index in [0.717, 1.165) is 9.50 Å². The second-order valence-corrected chi connectivity index (χ2v) is 5.82. The second kappa shape index (κ2) is 7.11. The van der Waals surface area contributed by atoms with Gasteiger partial charge in [-0.1, -0.05) is 0 Å². The molecule has 0 saturated carbocycles. The van der Waals surface area contributed by atoms with Crippen LogP contribution in [0.5, 0.6) is 0 Å². The summed E-state index contributed by atoms with van der Waals surface area (Å²) in [6.45, 7) is 4.02. The third-order valence-corrected chi connectivity index (χ3v) is 4.21. The van der Waals surface area contributed by atoms with E-state index >= 15 is 0 Å². The molecule has 0 spiro atoms. The lowest BCUT2D eigenvalue weighted by atomic mass is 10.1. The molecule has 1 unspecified atom stereocenters. The van der Waals surface area contributed by atoms with E-state index in [0.29, 0.717) is 12.4 Å². The zero-order valence-corrected chi connectivity index (χ0v) is 13.1. The van der Waals surface area contributed by atoms with E-state index in [2.05, 4.69) is 26.2 Å². The Hall–Kier alpha value is -0.590. The third kappa shape index (κ3) is 4.26. The first kappa shape index (κ1) is 15.5. The Labute approximate surface area is 120 Å². The minimum Gasteiger partial charge on any atom is -0.465 e. The first-order valence-corrected chi connectivity index (χ1v) is 7.40. The first-order chi connectivity index (χ1) is 8.51. The molecule has 1 rings (SSSR count). The van der Waals surface area contributed by atoms with Crippen LogP contribution in [0.25, 0.3) is 0 Å². The molecule has 0 fully saturated rings. The highest BCUT2D eigenvalue weighted by molar-refractivity contribution is 9.10. The van der Waals surface area contributed by atoms with Crippen molar-refractivity contribution in [3.05, 3.63) is 22.8 Å². The number of pyridine rings is 1. The highest BCUT2D eigenvalue weighted by Crippen LogP contribution is 2.22. The predicted octanol–water partition coefficient (Wildman–Crippen LogP) is 2.48. The maximum Gasteiger partial charge on any atom is 0.326 e. The van der Waals surface area contributed by atoms with Crippen molar-refractivity contribution >= 4 is 33.7 Å². The number of likely N-dealkylation sites (N-methyl/N-ethyl adjacent to an activating group) is 1. The van der Waals surface area contributed by atoms with Gasteiger partial charge in [0.2, 0.25) is 0 Å². The Morgan fingerprint density at radius 1 is 1.61 bits per heavy atom. The normalized spacial score (nSPS) is 14.0. The van der Waals surface area contributed by atoms with Crippen molar-refractivity contribution in [2.45, 2.75) is 24.4 Å². The Bertz CT molecular complexity index is 400. The van der Waals surface area contributed by atoms with Crippen LogP contribution in [-0.2, 0) is 9.53 Å². The van der Waals surface area contributed by atoms with E-state index in [1.54, 1.807) is 20.2 Å². The molecule has 0 aliphatic rings. The van der Waals surface area contributed by atoms with Crippen LogP contribution in [0.3, 0.4) is 0 Å². The number of hydrogen-bond acceptors (Lipinski definition) is 5. The molecule has 0 aliphatic heterocycles. The van der Waals surface area contributed by atoms with E-state index in [-0.39, 0.29) is 5.97 Å². The number of nitrogens with zero attached hydrogens (tertiary/aromatic N) is 1. The fraction of sp³-hybridized carbons (Fsp3) is 0.500. The number of carbonyl (C=O) groups excluding carboxylic acids is 1. The summed E-state index contributed by atoms with van der Waals surface area (Å²) in [5.74, 6) is 0.328. The average molecular weight is 333 g/mol. The van der Waals surface area contributed by atoms with Gasteiger partial charge in [-0.05, 0) is 49.0 Å². The molecule has 1 heterocycles. The van der Waals surface area contributed by atoms with Gasteiger partial charge in [0.1, 0.15) is 5.54 Å². The maximum atomic E-state index is 11.8. The number of carbonyl (C=O) groups is 1. The molecule has 1 aromatic heterocycles. The maximum absolute atomic E-state index is 11.8. The first-order valence-electron chi connectivity index (χ1n) is 5.62. The quantitative estimate of drug-likeness (QED) is 0.640. The molecule has 1 atom stereocenters. The molecule has 0 saturated heterocycles. The summed E-state index contributed by atoms with van der Waals surface area (Å²) in [7, 11) is 1.76. The van der Waals surface area contributed by atoms with Gasteiger partial charge in [-0.15, -0.1) is 11.8 Å². The zero-order chi connectivity index (χ0) is 13.6. The molecular weight excluding hydrogens is 316 g/mol. The van der Waals surface area contributed by atoms with Crippen molar-refractivity contribution in [2.24, 2.45) is 0 Å². The Balaban J connectivity index is 2.63. The minimum absolute atomic E-state index is 0.239. The lowest BCUT2D eigenvalue weighted by Gasteiger charge is -2.25. The molecule has 0 bridgehead atoms. The molecule has 6 heteroatoms. The van der Waals surface area contributed by atoms with Gasteiger partial charge in [0.05, 0.1) is 11.6 Å². The van der Waals surface area contributed by atoms with E-state index in [4.69, 9.17) is 4.74 Å². The Morgan fingerprint density at radius 3 is 2.83 bits per heavy atom. The minimum atomic E-state index is -0.699. The van der Waals surface area contributed by atoms with Gasteiger partial charge in [0.25, 0.3) is 0 Å². The van der Waals surface area contributed by atoms with Crippen LogP contribution in [-0.4, -0.2) is 35.9 Å². The van der Waals surface area contributed by atoms with E-state index in [1.165, 1.54) is 11.8 Å². The molecule has 1 N–H and O–H groups in total. The molecule has 0 radical (unpaired) electrons. The number of rotatable bonds is 6. The standard InChI is InChI=1S/C12H17BrN2O2S/c1-4-17-11(16)12(2,14-3)8-18-10-6-5-9(13)7-15-10/h5-7,14H,4,8H2,1-3H3. The summed E-state index contributed by atoms with van der Waals surface area (Å²) in [5, 5.41) is 3.89. The van der Waals surface area contributed by atoms with E-state index < -0.39 is 5.54 Å². The van der Waals surface area contributed by atoms with Crippen molar-refractivity contribution in [1.82, 2.24) is 10.3 Å². The largest absolute Gasteiger partial charge is 0.465 e. The summed E-state index contributed by atoms with van der Waals surface area (Å²) in [6, 6.07) is 3.84. The summed E-state index contributed by atoms with van der Waals surface area (Å²) >= 11 is 4.85. The van der Waals surface area contributed by atoms with Crippen LogP contribution < -0.4 is 5.32 Å². The molecule has 0 amide bonds. The number of thioether (sulfide) groups is 1. The molecule has 4 nitrogen and oxygen atoms in total. The monoisotopic (exact) mass is 332 g/mol. The highest BCUT2D eigenvalue weighted by atomic mass is 79.9. The third-order valence-electron chi connectivity index (χ3n) is 2.49. The fourth-order valence-electron chi connectivity index (χ4n) is 1.19. The lowest BCUT2D eigenvalue weighted by molar-refractivity contribution is -0.149. The van der Waals surface area contributed by atoms with E-state index in [9.17, 15) is 4.79 Å². The molecule has 100 valence electrons. The van der Waals surface area contributed by atoms with Crippen molar-refractivity contribution in [2.75, 3.05) is 19.4 Å². The van der Waals surface area contributed by atoms with Crippen molar-refractivity contribution < 1.29 is 9.53 Å². The summed E-state index contributed by atoms with van der Waals surface area (Å²) in [4.78, 5) is 16.1. The van der Waals surface area contributed by atoms with Gasteiger partial charge in [-0.2, -0.15) is 0 Å². The van der Waals surface area contributed by atoms with Crippen LogP contribution in [0.1, 0.15) is 13.8 Å². The van der Waals surface area contributed by atoms with E-state index in [1.807, 2.05) is 19.1 Å². The number of nitrogens with one attached hydrogen (secondary N) is 1. The zero-order valence-electron chi connectivity index (χ0n) is 10.7. The summed E-state index contributed by atoms with van der Waals surface area (Å²) in [6.07, 6.45) is 1.74. The van der Waals surface area contributed by atoms with Crippen LogP contribution in [0.15, 0.2) is 27.8 Å². The molecule has 0 aromatic carbocycles. The van der Waals surface area contributed by atoms with Gasteiger partial charge >= 0.3 is 5.97 Å². The molecule has 0 aliphatic carbocycles. The summed E-state index contributed by atoms with van der Waals surface area (Å²) in [5.41, 5.74) is -0.699. The predicted molar refractivity (Wildman–Crippen MR) is 76.8 cm³/mol.